The van der Waals surface area contributed by atoms with Crippen LogP contribution in [-0.4, -0.2) is 46.4 Å². The number of carbonyl (C=O) groups is 1. The molecule has 0 spiro atoms. The van der Waals surface area contributed by atoms with Crippen LogP contribution in [0, 0.1) is 0 Å². The molecule has 5 N–H and O–H groups in total. The van der Waals surface area contributed by atoms with Crippen LogP contribution in [0.1, 0.15) is 31.0 Å². The first-order valence-electron chi connectivity index (χ1n) is 10.3. The molecule has 0 saturated carbocycles. The van der Waals surface area contributed by atoms with Crippen LogP contribution in [0.25, 0.3) is 27.7 Å². The number of fused-ring (bicyclic) bond motifs is 1. The molecule has 0 aliphatic rings. The van der Waals surface area contributed by atoms with Gasteiger partial charge in [0.2, 0.25) is 0 Å². The molecule has 1 aromatic carbocycles. The molecule has 0 fully saturated rings. The number of nitrogens with zero attached hydrogens (tertiary/aromatic N) is 4. The minimum Gasteiger partial charge on any atom is -0.402 e. The molecule has 0 amide bonds. The quantitative estimate of drug-likeness (QED) is 0.262. The molecular weight excluding hydrogens is 422 g/mol. The predicted molar refractivity (Wildman–Crippen MR) is 123 cm³/mol. The van der Waals surface area contributed by atoms with Crippen LogP contribution in [-0.2, 0) is 11.8 Å². The second-order valence-electron chi connectivity index (χ2n) is 8.06. The molecule has 9 heteroatoms. The number of aromatic nitrogens is 4. The summed E-state index contributed by atoms with van der Waals surface area (Å²) in [4.78, 5) is 16.8. The van der Waals surface area contributed by atoms with Crippen LogP contribution in [0.2, 0.25) is 0 Å². The van der Waals surface area contributed by atoms with Crippen molar-refractivity contribution < 1.29 is 20.1 Å². The van der Waals surface area contributed by atoms with E-state index >= 15 is 0 Å². The van der Waals surface area contributed by atoms with Crippen molar-refractivity contribution in [1.29, 1.82) is 0 Å². The molecule has 1 unspecified atom stereocenters. The van der Waals surface area contributed by atoms with Gasteiger partial charge >= 0.3 is 5.97 Å². The number of hydrogen-bond donors (Lipinski definition) is 4. The number of hydrogen-bond acceptors (Lipinski definition) is 7. The molecule has 0 radical (unpaired) electrons. The van der Waals surface area contributed by atoms with Crippen LogP contribution in [0.4, 0.5) is 0 Å². The van der Waals surface area contributed by atoms with E-state index in [1.807, 2.05) is 0 Å². The number of pyridine rings is 1. The smallest absolute Gasteiger partial charge is 0.301 e. The third kappa shape index (κ3) is 4.17. The maximum absolute atomic E-state index is 12.2. The van der Waals surface area contributed by atoms with Gasteiger partial charge in [-0.25, -0.2) is 0 Å². The van der Waals surface area contributed by atoms with Gasteiger partial charge in [0, 0.05) is 53.6 Å². The zero-order valence-electron chi connectivity index (χ0n) is 18.5. The lowest BCUT2D eigenvalue weighted by molar-refractivity contribution is -0.328. The van der Waals surface area contributed by atoms with E-state index in [4.69, 9.17) is 5.73 Å². The van der Waals surface area contributed by atoms with Crippen LogP contribution in [0.15, 0.2) is 66.9 Å². The molecule has 33 heavy (non-hydrogen) atoms. The Labute approximate surface area is 190 Å². The first-order chi connectivity index (χ1) is 15.6. The van der Waals surface area contributed by atoms with Crippen molar-refractivity contribution in [2.24, 2.45) is 12.8 Å². The highest BCUT2D eigenvalue weighted by Gasteiger charge is 2.37. The van der Waals surface area contributed by atoms with Crippen LogP contribution in [0.3, 0.4) is 0 Å². The lowest BCUT2D eigenvalue weighted by Gasteiger charge is -2.28. The molecule has 3 aromatic heterocycles. The van der Waals surface area contributed by atoms with Crippen molar-refractivity contribution in [1.82, 2.24) is 19.3 Å². The number of nitrogens with two attached hydrogens (primary N) is 1. The first-order valence-corrected chi connectivity index (χ1v) is 10.3. The van der Waals surface area contributed by atoms with Gasteiger partial charge in [-0.05, 0) is 25.5 Å². The molecule has 1 atom stereocenters. The zero-order valence-corrected chi connectivity index (χ0v) is 18.5. The predicted octanol–water partition coefficient (Wildman–Crippen LogP) is 1.94. The zero-order chi connectivity index (χ0) is 23.9. The molecule has 4 aromatic rings. The second-order valence-corrected chi connectivity index (χ2v) is 8.06. The maximum Gasteiger partial charge on any atom is 0.301 e. The Kier molecular flexibility index (Phi) is 5.62. The standard InChI is InChI=1S/C24H25N5O4/c1-14(25)21(15(2)30)17-9-20-22(26-10-17)19(18-11-27-28(3)12-18)13-29(20)23(24(31,32)33)16-7-5-4-6-8-16/h4-13,23,31-33H,25H2,1-3H3. The van der Waals surface area contributed by atoms with Gasteiger partial charge in [-0.3, -0.25) is 14.5 Å². The number of aliphatic hydroxyl groups is 3. The van der Waals surface area contributed by atoms with E-state index in [1.54, 1.807) is 79.8 Å². The maximum atomic E-state index is 12.2. The molecular formula is C24H25N5O4. The second kappa shape index (κ2) is 8.28. The first kappa shape index (κ1) is 22.4. The summed E-state index contributed by atoms with van der Waals surface area (Å²) >= 11 is 0. The molecule has 3 heterocycles. The number of benzene rings is 1. The summed E-state index contributed by atoms with van der Waals surface area (Å²) in [6.45, 7) is 3.05. The van der Waals surface area contributed by atoms with Crippen molar-refractivity contribution >= 4 is 22.4 Å². The summed E-state index contributed by atoms with van der Waals surface area (Å²) in [7, 11) is 1.79. The van der Waals surface area contributed by atoms with Crippen molar-refractivity contribution in [3.63, 3.8) is 0 Å². The lowest BCUT2D eigenvalue weighted by Crippen LogP contribution is -2.39. The number of rotatable bonds is 6. The summed E-state index contributed by atoms with van der Waals surface area (Å²) in [6.07, 6.45) is 6.71. The SMILES string of the molecule is CC(=O)C(=C(C)N)c1cnc2c(-c3cnn(C)c3)cn(C(c3ccccc3)C(O)(O)O)c2c1. The van der Waals surface area contributed by atoms with E-state index in [-0.39, 0.29) is 5.78 Å². The highest BCUT2D eigenvalue weighted by atomic mass is 16.7. The molecule has 0 bridgehead atoms. The Hall–Kier alpha value is -3.79. The van der Waals surface area contributed by atoms with E-state index in [0.717, 1.165) is 5.56 Å². The number of ketones is 1. The number of carbonyl (C=O) groups excluding carboxylic acids is 1. The van der Waals surface area contributed by atoms with Gasteiger partial charge in [-0.1, -0.05) is 30.3 Å². The average molecular weight is 447 g/mol. The van der Waals surface area contributed by atoms with Crippen molar-refractivity contribution in [2.45, 2.75) is 25.9 Å². The third-order valence-corrected chi connectivity index (χ3v) is 5.48. The Morgan fingerprint density at radius 2 is 1.79 bits per heavy atom. The fourth-order valence-corrected chi connectivity index (χ4v) is 4.16. The number of aryl methyl sites for hydroxylation is 1. The molecule has 4 rings (SSSR count). The fourth-order valence-electron chi connectivity index (χ4n) is 4.16. The van der Waals surface area contributed by atoms with Gasteiger partial charge in [0.05, 0.1) is 17.2 Å². The Balaban J connectivity index is 2.06. The summed E-state index contributed by atoms with van der Waals surface area (Å²) < 4.78 is 3.18. The van der Waals surface area contributed by atoms with E-state index < -0.39 is 12.0 Å². The Morgan fingerprint density at radius 1 is 1.09 bits per heavy atom. The molecule has 0 aliphatic heterocycles. The monoisotopic (exact) mass is 447 g/mol. The van der Waals surface area contributed by atoms with Crippen molar-refractivity contribution in [3.05, 3.63) is 78.0 Å². The van der Waals surface area contributed by atoms with Crippen LogP contribution < -0.4 is 5.73 Å². The van der Waals surface area contributed by atoms with Crippen molar-refractivity contribution in [2.75, 3.05) is 0 Å². The third-order valence-electron chi connectivity index (χ3n) is 5.48. The Morgan fingerprint density at radius 3 is 2.33 bits per heavy atom. The number of Topliss-reactive ketones (excluding diaryl/α,β-unsaturated/α-hetero) is 1. The minimum atomic E-state index is -3.08. The summed E-state index contributed by atoms with van der Waals surface area (Å²) in [6, 6.07) is 9.04. The van der Waals surface area contributed by atoms with Gasteiger partial charge < -0.3 is 25.6 Å². The van der Waals surface area contributed by atoms with Gasteiger partial charge in [-0.2, -0.15) is 5.10 Å². The van der Waals surface area contributed by atoms with E-state index in [1.165, 1.54) is 11.5 Å². The van der Waals surface area contributed by atoms with Gasteiger partial charge in [0.15, 0.2) is 5.78 Å². The normalized spacial score (nSPS) is 13.8. The summed E-state index contributed by atoms with van der Waals surface area (Å²) in [5.74, 6) is -3.30. The molecule has 0 aliphatic carbocycles. The van der Waals surface area contributed by atoms with Gasteiger partial charge in [-0.15, -0.1) is 0 Å². The van der Waals surface area contributed by atoms with Gasteiger partial charge in [0.25, 0.3) is 0 Å². The average Bonchev–Trinajstić information content (AvgIpc) is 3.31. The van der Waals surface area contributed by atoms with E-state index in [2.05, 4.69) is 10.1 Å². The van der Waals surface area contributed by atoms with E-state index in [0.29, 0.717) is 39.0 Å². The molecule has 9 nitrogen and oxygen atoms in total. The molecule has 170 valence electrons. The largest absolute Gasteiger partial charge is 0.402 e. The van der Waals surface area contributed by atoms with Gasteiger partial charge in [0.1, 0.15) is 6.04 Å². The highest BCUT2D eigenvalue weighted by molar-refractivity contribution is 6.20. The Bertz CT molecular complexity index is 1360. The highest BCUT2D eigenvalue weighted by Crippen LogP contribution is 2.37. The van der Waals surface area contributed by atoms with Crippen LogP contribution >= 0.6 is 0 Å². The van der Waals surface area contributed by atoms with Crippen LogP contribution in [0.5, 0.6) is 0 Å². The summed E-state index contributed by atoms with van der Waals surface area (Å²) in [5.41, 5.74) is 10.0. The van der Waals surface area contributed by atoms with E-state index in [9.17, 15) is 20.1 Å². The minimum absolute atomic E-state index is 0.220. The summed E-state index contributed by atoms with van der Waals surface area (Å²) in [5, 5.41) is 35.3. The lowest BCUT2D eigenvalue weighted by atomic mass is 10.0. The van der Waals surface area contributed by atoms with Crippen molar-refractivity contribution in [3.8, 4) is 11.1 Å². The topological polar surface area (TPSA) is 139 Å². The number of allylic oxidation sites excluding steroid dienone is 2. The molecule has 0 saturated heterocycles. The fraction of sp³-hybridized carbons (Fsp3) is 0.208.